The molecule has 0 aliphatic rings. The molecule has 0 saturated carbocycles. The molecule has 3 aromatic rings. The van der Waals surface area contributed by atoms with Gasteiger partial charge < -0.3 is 19.5 Å². The van der Waals surface area contributed by atoms with Crippen LogP contribution in [0.15, 0.2) is 34.9 Å². The number of benzene rings is 1. The molecule has 0 fully saturated rings. The summed E-state index contributed by atoms with van der Waals surface area (Å²) in [6, 6.07) is 9.80. The average molecular weight is 272 g/mol. The van der Waals surface area contributed by atoms with Gasteiger partial charge in [-0.15, -0.1) is 0 Å². The fourth-order valence-electron chi connectivity index (χ4n) is 2.18. The summed E-state index contributed by atoms with van der Waals surface area (Å²) in [7, 11) is 0. The number of imidazole rings is 1. The second-order valence-electron chi connectivity index (χ2n) is 4.60. The van der Waals surface area contributed by atoms with Crippen molar-refractivity contribution in [3.05, 3.63) is 41.8 Å². The summed E-state index contributed by atoms with van der Waals surface area (Å²) in [5.74, 6) is 1.49. The van der Waals surface area contributed by atoms with Gasteiger partial charge >= 0.3 is 0 Å². The van der Waals surface area contributed by atoms with Crippen molar-refractivity contribution in [1.29, 1.82) is 0 Å². The van der Waals surface area contributed by atoms with E-state index in [4.69, 9.17) is 9.63 Å². The maximum atomic E-state index is 8.96. The third-order valence-corrected chi connectivity index (χ3v) is 3.04. The van der Waals surface area contributed by atoms with E-state index in [1.54, 1.807) is 0 Å². The Labute approximate surface area is 116 Å². The fourth-order valence-corrected chi connectivity index (χ4v) is 2.18. The second kappa shape index (κ2) is 5.34. The van der Waals surface area contributed by atoms with Crippen molar-refractivity contribution in [2.24, 2.45) is 0 Å². The molecule has 3 rings (SSSR count). The molecule has 6 heteroatoms. The average Bonchev–Trinajstić information content (AvgIpc) is 3.02. The molecule has 0 unspecified atom stereocenters. The van der Waals surface area contributed by atoms with Crippen LogP contribution in [0.2, 0.25) is 0 Å². The molecule has 0 bridgehead atoms. The Morgan fingerprint density at radius 3 is 2.95 bits per heavy atom. The molecule has 6 nitrogen and oxygen atoms in total. The van der Waals surface area contributed by atoms with Gasteiger partial charge in [0.15, 0.2) is 5.76 Å². The van der Waals surface area contributed by atoms with Crippen LogP contribution in [-0.4, -0.2) is 33.0 Å². The number of aliphatic hydroxyl groups is 1. The number of nitrogens with one attached hydrogen (secondary N) is 1. The number of para-hydroxylation sites is 2. The van der Waals surface area contributed by atoms with Gasteiger partial charge in [0.05, 0.1) is 29.9 Å². The van der Waals surface area contributed by atoms with Gasteiger partial charge in [0, 0.05) is 12.6 Å². The zero-order chi connectivity index (χ0) is 13.9. The number of nitrogens with zero attached hydrogens (tertiary/aromatic N) is 3. The molecule has 2 N–H and O–H groups in total. The van der Waals surface area contributed by atoms with Crippen LogP contribution in [0, 0.1) is 6.92 Å². The molecule has 2 aromatic heterocycles. The monoisotopic (exact) mass is 272 g/mol. The molecule has 0 atom stereocenters. The number of anilines is 1. The Balaban J connectivity index is 2.01. The highest BCUT2D eigenvalue weighted by Crippen LogP contribution is 2.21. The topological polar surface area (TPSA) is 76.1 Å². The second-order valence-corrected chi connectivity index (χ2v) is 4.60. The first-order valence-electron chi connectivity index (χ1n) is 6.50. The Morgan fingerprint density at radius 1 is 1.35 bits per heavy atom. The Morgan fingerprint density at radius 2 is 2.20 bits per heavy atom. The van der Waals surface area contributed by atoms with Crippen LogP contribution >= 0.6 is 0 Å². The quantitative estimate of drug-likeness (QED) is 0.740. The Kier molecular flexibility index (Phi) is 3.39. The first kappa shape index (κ1) is 12.7. The van der Waals surface area contributed by atoms with Crippen molar-refractivity contribution in [2.75, 3.05) is 18.5 Å². The predicted molar refractivity (Wildman–Crippen MR) is 75.7 cm³/mol. The van der Waals surface area contributed by atoms with Crippen molar-refractivity contribution < 1.29 is 9.63 Å². The van der Waals surface area contributed by atoms with Gasteiger partial charge in [-0.25, -0.2) is 4.98 Å². The van der Waals surface area contributed by atoms with Gasteiger partial charge in [-0.3, -0.25) is 0 Å². The van der Waals surface area contributed by atoms with Gasteiger partial charge in [-0.1, -0.05) is 17.3 Å². The highest BCUT2D eigenvalue weighted by atomic mass is 16.5. The molecule has 20 heavy (non-hydrogen) atoms. The van der Waals surface area contributed by atoms with E-state index in [2.05, 4.69) is 15.5 Å². The van der Waals surface area contributed by atoms with Gasteiger partial charge in [-0.05, 0) is 19.1 Å². The number of aromatic nitrogens is 3. The summed E-state index contributed by atoms with van der Waals surface area (Å²) in [6.07, 6.45) is 0. The summed E-state index contributed by atoms with van der Waals surface area (Å²) in [4.78, 5) is 4.53. The number of fused-ring (bicyclic) bond motifs is 1. The summed E-state index contributed by atoms with van der Waals surface area (Å²) in [5, 5.41) is 16.0. The number of rotatable bonds is 5. The summed E-state index contributed by atoms with van der Waals surface area (Å²) < 4.78 is 7.29. The van der Waals surface area contributed by atoms with E-state index in [1.807, 2.05) is 41.8 Å². The lowest BCUT2D eigenvalue weighted by atomic mass is 10.3. The largest absolute Gasteiger partial charge is 0.395 e. The molecule has 0 amide bonds. The molecule has 104 valence electrons. The van der Waals surface area contributed by atoms with E-state index in [0.717, 1.165) is 22.5 Å². The SMILES string of the molecule is Cc1cc(Cn2c(NCCO)nc3ccccc32)on1. The smallest absolute Gasteiger partial charge is 0.204 e. The van der Waals surface area contributed by atoms with Crippen LogP contribution in [0.1, 0.15) is 11.5 Å². The lowest BCUT2D eigenvalue weighted by Gasteiger charge is -2.08. The van der Waals surface area contributed by atoms with Crippen molar-refractivity contribution in [3.8, 4) is 0 Å². The minimum absolute atomic E-state index is 0.0601. The first-order chi connectivity index (χ1) is 9.78. The van der Waals surface area contributed by atoms with E-state index in [-0.39, 0.29) is 6.61 Å². The van der Waals surface area contributed by atoms with Crippen LogP contribution in [0.3, 0.4) is 0 Å². The van der Waals surface area contributed by atoms with Crippen LogP contribution in [0.4, 0.5) is 5.95 Å². The minimum atomic E-state index is 0.0601. The van der Waals surface area contributed by atoms with Crippen LogP contribution in [-0.2, 0) is 6.54 Å². The standard InChI is InChI=1S/C14H16N4O2/c1-10-8-11(20-17-10)9-18-13-5-3-2-4-12(13)16-14(18)15-6-7-19/h2-5,8,19H,6-7,9H2,1H3,(H,15,16). The van der Waals surface area contributed by atoms with Crippen molar-refractivity contribution >= 4 is 17.0 Å². The number of hydrogen-bond donors (Lipinski definition) is 2. The van der Waals surface area contributed by atoms with E-state index >= 15 is 0 Å². The highest BCUT2D eigenvalue weighted by Gasteiger charge is 2.12. The molecule has 2 heterocycles. The summed E-state index contributed by atoms with van der Waals surface area (Å²) in [6.45, 7) is 2.96. The molecule has 0 aliphatic heterocycles. The lowest BCUT2D eigenvalue weighted by molar-refractivity contribution is 0.310. The maximum Gasteiger partial charge on any atom is 0.204 e. The summed E-state index contributed by atoms with van der Waals surface area (Å²) in [5.41, 5.74) is 2.78. The molecule has 1 aromatic carbocycles. The van der Waals surface area contributed by atoms with E-state index in [1.165, 1.54) is 0 Å². The predicted octanol–water partition coefficient (Wildman–Crippen LogP) is 1.79. The molecular weight excluding hydrogens is 256 g/mol. The molecule has 0 saturated heterocycles. The number of aryl methyl sites for hydroxylation is 1. The van der Waals surface area contributed by atoms with Gasteiger partial charge in [0.25, 0.3) is 0 Å². The molecule has 0 spiro atoms. The van der Waals surface area contributed by atoms with E-state index in [9.17, 15) is 0 Å². The first-order valence-corrected chi connectivity index (χ1v) is 6.50. The Hall–Kier alpha value is -2.34. The van der Waals surface area contributed by atoms with Gasteiger partial charge in [0.2, 0.25) is 5.95 Å². The minimum Gasteiger partial charge on any atom is -0.395 e. The van der Waals surface area contributed by atoms with Crippen LogP contribution in [0.25, 0.3) is 11.0 Å². The number of aliphatic hydroxyl groups excluding tert-OH is 1. The van der Waals surface area contributed by atoms with Crippen LogP contribution < -0.4 is 5.32 Å². The third-order valence-electron chi connectivity index (χ3n) is 3.04. The van der Waals surface area contributed by atoms with Crippen molar-refractivity contribution in [2.45, 2.75) is 13.5 Å². The third kappa shape index (κ3) is 2.37. The molecule has 0 radical (unpaired) electrons. The van der Waals surface area contributed by atoms with E-state index in [0.29, 0.717) is 19.0 Å². The van der Waals surface area contributed by atoms with Crippen molar-refractivity contribution in [3.63, 3.8) is 0 Å². The lowest BCUT2D eigenvalue weighted by Crippen LogP contribution is -2.11. The fraction of sp³-hybridized carbons (Fsp3) is 0.286. The zero-order valence-corrected chi connectivity index (χ0v) is 11.2. The highest BCUT2D eigenvalue weighted by molar-refractivity contribution is 5.78. The normalized spacial score (nSPS) is 11.1. The maximum absolute atomic E-state index is 8.96. The van der Waals surface area contributed by atoms with E-state index < -0.39 is 0 Å². The zero-order valence-electron chi connectivity index (χ0n) is 11.2. The van der Waals surface area contributed by atoms with Crippen molar-refractivity contribution in [1.82, 2.24) is 14.7 Å². The van der Waals surface area contributed by atoms with Crippen LogP contribution in [0.5, 0.6) is 0 Å². The number of hydrogen-bond acceptors (Lipinski definition) is 5. The van der Waals surface area contributed by atoms with Gasteiger partial charge in [0.1, 0.15) is 0 Å². The Bertz CT molecular complexity index is 717. The summed E-state index contributed by atoms with van der Waals surface area (Å²) >= 11 is 0. The molecule has 0 aliphatic carbocycles. The molecular formula is C14H16N4O2. The van der Waals surface area contributed by atoms with Gasteiger partial charge in [-0.2, -0.15) is 0 Å².